The lowest BCUT2D eigenvalue weighted by atomic mass is 9.97. The molecular formula is C19H28O11. The van der Waals surface area contributed by atoms with Crippen molar-refractivity contribution in [2.24, 2.45) is 0 Å². The molecule has 0 amide bonds. The van der Waals surface area contributed by atoms with Crippen molar-refractivity contribution in [3.05, 3.63) is 35.9 Å². The fraction of sp³-hybridized carbons (Fsp3) is 0.684. The summed E-state index contributed by atoms with van der Waals surface area (Å²) in [5, 5.41) is 69.7. The van der Waals surface area contributed by atoms with Gasteiger partial charge in [0.2, 0.25) is 0 Å². The lowest BCUT2D eigenvalue weighted by Gasteiger charge is -2.46. The Balaban J connectivity index is 1.77. The first-order chi connectivity index (χ1) is 14.4. The molecule has 0 bridgehead atoms. The van der Waals surface area contributed by atoms with E-state index in [0.29, 0.717) is 0 Å². The Morgan fingerprint density at radius 3 is 2.00 bits per heavy atom. The minimum Gasteiger partial charge on any atom is -0.394 e. The third kappa shape index (κ3) is 4.98. The molecule has 0 aromatic heterocycles. The van der Waals surface area contributed by atoms with Crippen LogP contribution in [0.2, 0.25) is 0 Å². The van der Waals surface area contributed by atoms with E-state index in [2.05, 4.69) is 0 Å². The fourth-order valence-corrected chi connectivity index (χ4v) is 3.49. The molecule has 2 fully saturated rings. The molecule has 1 aromatic rings. The van der Waals surface area contributed by atoms with Crippen LogP contribution in [0.3, 0.4) is 0 Å². The van der Waals surface area contributed by atoms with Crippen molar-refractivity contribution < 1.29 is 54.7 Å². The smallest absolute Gasteiger partial charge is 0.187 e. The summed E-state index contributed by atoms with van der Waals surface area (Å²) >= 11 is 0. The van der Waals surface area contributed by atoms with E-state index in [1.807, 2.05) is 6.07 Å². The summed E-state index contributed by atoms with van der Waals surface area (Å²) in [6, 6.07) is 8.99. The Morgan fingerprint density at radius 1 is 0.733 bits per heavy atom. The van der Waals surface area contributed by atoms with Gasteiger partial charge in [-0.25, -0.2) is 0 Å². The van der Waals surface area contributed by atoms with E-state index >= 15 is 0 Å². The second-order valence-corrected chi connectivity index (χ2v) is 7.30. The van der Waals surface area contributed by atoms with Crippen LogP contribution in [0.15, 0.2) is 30.3 Å². The maximum Gasteiger partial charge on any atom is 0.187 e. The lowest BCUT2D eigenvalue weighted by Crippen LogP contribution is -2.64. The van der Waals surface area contributed by atoms with Crippen LogP contribution in [0.4, 0.5) is 0 Å². The van der Waals surface area contributed by atoms with Gasteiger partial charge in [-0.15, -0.1) is 0 Å². The van der Waals surface area contributed by atoms with Gasteiger partial charge < -0.3 is 54.7 Å². The van der Waals surface area contributed by atoms with Crippen LogP contribution in [0.5, 0.6) is 0 Å². The van der Waals surface area contributed by atoms with Crippen molar-refractivity contribution in [3.8, 4) is 0 Å². The summed E-state index contributed by atoms with van der Waals surface area (Å²) in [5.74, 6) is 0. The van der Waals surface area contributed by atoms with Crippen molar-refractivity contribution in [2.75, 3.05) is 13.2 Å². The number of hydrogen-bond acceptors (Lipinski definition) is 11. The van der Waals surface area contributed by atoms with Crippen LogP contribution in [0.25, 0.3) is 0 Å². The second kappa shape index (κ2) is 10.4. The molecule has 11 nitrogen and oxygen atoms in total. The van der Waals surface area contributed by atoms with Crippen LogP contribution < -0.4 is 0 Å². The predicted octanol–water partition coefficient (Wildman–Crippen LogP) is -3.17. The lowest BCUT2D eigenvalue weighted by molar-refractivity contribution is -0.360. The third-order valence-corrected chi connectivity index (χ3v) is 5.24. The zero-order chi connectivity index (χ0) is 21.8. The van der Waals surface area contributed by atoms with E-state index in [9.17, 15) is 35.7 Å². The van der Waals surface area contributed by atoms with Gasteiger partial charge in [-0.1, -0.05) is 30.3 Å². The quantitative estimate of drug-likeness (QED) is 0.231. The maximum absolute atomic E-state index is 10.6. The van der Waals surface area contributed by atoms with E-state index in [1.54, 1.807) is 24.3 Å². The molecule has 3 rings (SSSR count). The average Bonchev–Trinajstić information content (AvgIpc) is 2.76. The van der Waals surface area contributed by atoms with Gasteiger partial charge in [0.25, 0.3) is 0 Å². The van der Waals surface area contributed by atoms with Crippen molar-refractivity contribution in [1.82, 2.24) is 0 Å². The number of ether oxygens (including phenoxy) is 4. The molecule has 2 heterocycles. The zero-order valence-corrected chi connectivity index (χ0v) is 16.0. The van der Waals surface area contributed by atoms with Crippen LogP contribution in [0, 0.1) is 0 Å². The molecular weight excluding hydrogens is 404 g/mol. The van der Waals surface area contributed by atoms with Gasteiger partial charge in [-0.2, -0.15) is 0 Å². The highest BCUT2D eigenvalue weighted by molar-refractivity contribution is 5.13. The first kappa shape index (κ1) is 23.4. The summed E-state index contributed by atoms with van der Waals surface area (Å²) in [6.45, 7) is -1.24. The molecule has 2 saturated heterocycles. The number of rotatable bonds is 7. The van der Waals surface area contributed by atoms with Crippen LogP contribution in [-0.2, 0) is 25.6 Å². The molecule has 11 heteroatoms. The number of aliphatic hydroxyl groups excluding tert-OH is 7. The van der Waals surface area contributed by atoms with Gasteiger partial charge in [0.05, 0.1) is 19.8 Å². The summed E-state index contributed by atoms with van der Waals surface area (Å²) < 4.78 is 21.8. The predicted molar refractivity (Wildman–Crippen MR) is 97.6 cm³/mol. The van der Waals surface area contributed by atoms with Crippen molar-refractivity contribution in [3.63, 3.8) is 0 Å². The maximum atomic E-state index is 10.6. The van der Waals surface area contributed by atoms with Gasteiger partial charge in [-0.05, 0) is 5.56 Å². The molecule has 0 aliphatic carbocycles. The van der Waals surface area contributed by atoms with E-state index in [1.165, 1.54) is 0 Å². The van der Waals surface area contributed by atoms with Crippen LogP contribution in [-0.4, -0.2) is 110 Å². The van der Waals surface area contributed by atoms with Gasteiger partial charge in [0.1, 0.15) is 48.8 Å². The minimum atomic E-state index is -1.71. The summed E-state index contributed by atoms with van der Waals surface area (Å²) in [6.07, 6.45) is -14.6. The molecule has 0 radical (unpaired) electrons. The zero-order valence-electron chi connectivity index (χ0n) is 16.0. The SMILES string of the molecule is OC[C@H]1O[C@@H](O[C@H]2[C@@H](O)[C@@H](CO)O[C@@H](O)[C@@H]2OCc2ccccc2)[C@H](O)[C@@H](O)[C@H]1O. The normalized spacial score (nSPS) is 42.2. The Kier molecular flexibility index (Phi) is 8.12. The first-order valence-electron chi connectivity index (χ1n) is 9.61. The van der Waals surface area contributed by atoms with Gasteiger partial charge in [0.15, 0.2) is 12.6 Å². The Morgan fingerprint density at radius 2 is 1.37 bits per heavy atom. The van der Waals surface area contributed by atoms with Crippen molar-refractivity contribution >= 4 is 0 Å². The Hall–Kier alpha value is -1.22. The highest BCUT2D eigenvalue weighted by Crippen LogP contribution is 2.30. The molecule has 0 unspecified atom stereocenters. The fourth-order valence-electron chi connectivity index (χ4n) is 3.49. The van der Waals surface area contributed by atoms with E-state index < -0.39 is 74.6 Å². The topological polar surface area (TPSA) is 179 Å². The monoisotopic (exact) mass is 432 g/mol. The van der Waals surface area contributed by atoms with E-state index in [-0.39, 0.29) is 6.61 Å². The third-order valence-electron chi connectivity index (χ3n) is 5.24. The first-order valence-corrected chi connectivity index (χ1v) is 9.61. The molecule has 2 aliphatic rings. The second-order valence-electron chi connectivity index (χ2n) is 7.30. The number of benzene rings is 1. The largest absolute Gasteiger partial charge is 0.394 e. The molecule has 0 spiro atoms. The molecule has 170 valence electrons. The van der Waals surface area contributed by atoms with Gasteiger partial charge in [-0.3, -0.25) is 0 Å². The Labute approximate surface area is 172 Å². The number of hydrogen-bond donors (Lipinski definition) is 7. The molecule has 7 N–H and O–H groups in total. The Bertz CT molecular complexity index is 645. The van der Waals surface area contributed by atoms with E-state index in [0.717, 1.165) is 5.56 Å². The molecule has 10 atom stereocenters. The minimum absolute atomic E-state index is 0.0387. The van der Waals surface area contributed by atoms with Crippen LogP contribution in [0.1, 0.15) is 5.56 Å². The highest BCUT2D eigenvalue weighted by Gasteiger charge is 2.51. The van der Waals surface area contributed by atoms with Crippen molar-refractivity contribution in [2.45, 2.75) is 68.0 Å². The summed E-state index contributed by atoms with van der Waals surface area (Å²) in [7, 11) is 0. The van der Waals surface area contributed by atoms with Crippen LogP contribution >= 0.6 is 0 Å². The molecule has 1 aromatic carbocycles. The average molecular weight is 432 g/mol. The molecule has 30 heavy (non-hydrogen) atoms. The van der Waals surface area contributed by atoms with Gasteiger partial charge >= 0.3 is 0 Å². The highest BCUT2D eigenvalue weighted by atomic mass is 16.7. The van der Waals surface area contributed by atoms with Gasteiger partial charge in [0, 0.05) is 0 Å². The van der Waals surface area contributed by atoms with Crippen molar-refractivity contribution in [1.29, 1.82) is 0 Å². The van der Waals surface area contributed by atoms with E-state index in [4.69, 9.17) is 18.9 Å². The number of aliphatic hydroxyl groups is 7. The summed E-state index contributed by atoms with van der Waals surface area (Å²) in [5.41, 5.74) is 0.773. The molecule has 0 saturated carbocycles. The standard InChI is InChI=1S/C19H28O11/c20-6-10-12(22)14(24)15(25)19(29-10)30-16-13(23)11(7-21)28-18(26)17(16)27-8-9-4-2-1-3-5-9/h1-5,10-26H,6-8H2/t10-,11-,12+,13+,14+,15-,16+,17-,18-,19+/m1/s1. The molecule has 2 aliphatic heterocycles. The summed E-state index contributed by atoms with van der Waals surface area (Å²) in [4.78, 5) is 0.